The molecule has 1 aliphatic rings. The number of carbonyl (C=O) groups is 1. The van der Waals surface area contributed by atoms with Crippen molar-refractivity contribution in [2.45, 2.75) is 11.3 Å². The second-order valence-electron chi connectivity index (χ2n) is 2.86. The van der Waals surface area contributed by atoms with E-state index in [1.807, 2.05) is 24.3 Å². The molecule has 0 saturated heterocycles. The molecule has 1 aromatic carbocycles. The number of hydrogen-bond acceptors (Lipinski definition) is 2. The zero-order chi connectivity index (χ0) is 8.55. The minimum Gasteiger partial charge on any atom is -0.294 e. The summed E-state index contributed by atoms with van der Waals surface area (Å²) in [4.78, 5) is 11.9. The third-order valence-corrected chi connectivity index (χ3v) is 2.22. The third-order valence-electron chi connectivity index (χ3n) is 1.94. The highest BCUT2D eigenvalue weighted by atomic mass is 32.1. The van der Waals surface area contributed by atoms with Crippen molar-refractivity contribution in [1.82, 2.24) is 0 Å². The lowest BCUT2D eigenvalue weighted by Crippen LogP contribution is -2.04. The van der Waals surface area contributed by atoms with E-state index in [1.165, 1.54) is 0 Å². The summed E-state index contributed by atoms with van der Waals surface area (Å²) in [6.45, 7) is 0. The highest BCUT2D eigenvalue weighted by Crippen LogP contribution is 2.20. The van der Waals surface area contributed by atoms with E-state index < -0.39 is 0 Å². The van der Waals surface area contributed by atoms with Crippen molar-refractivity contribution in [2.24, 2.45) is 0 Å². The maximum Gasteiger partial charge on any atom is 0.160 e. The summed E-state index contributed by atoms with van der Waals surface area (Å²) >= 11 is 4.22. The molecule has 12 heavy (non-hydrogen) atoms. The zero-order valence-electron chi connectivity index (χ0n) is 6.45. The number of thiol groups is 1. The van der Waals surface area contributed by atoms with Crippen LogP contribution in [0.1, 0.15) is 11.1 Å². The fourth-order valence-electron chi connectivity index (χ4n) is 1.33. The smallest absolute Gasteiger partial charge is 0.160 e. The van der Waals surface area contributed by atoms with Gasteiger partial charge in [0.15, 0.2) is 5.78 Å². The van der Waals surface area contributed by atoms with Gasteiger partial charge in [-0.1, -0.05) is 12.1 Å². The lowest BCUT2D eigenvalue weighted by Gasteiger charge is -2.08. The Morgan fingerprint density at radius 2 is 2.08 bits per heavy atom. The summed E-state index contributed by atoms with van der Waals surface area (Å²) in [6.07, 6.45) is 4.00. The molecule has 2 heteroatoms. The van der Waals surface area contributed by atoms with Gasteiger partial charge in [0.2, 0.25) is 0 Å². The van der Waals surface area contributed by atoms with E-state index in [2.05, 4.69) is 12.6 Å². The van der Waals surface area contributed by atoms with Crippen molar-refractivity contribution in [3.05, 3.63) is 35.4 Å². The van der Waals surface area contributed by atoms with Gasteiger partial charge in [-0.3, -0.25) is 4.79 Å². The van der Waals surface area contributed by atoms with Gasteiger partial charge in [0.05, 0.1) is 0 Å². The quantitative estimate of drug-likeness (QED) is 0.599. The second kappa shape index (κ2) is 2.79. The topological polar surface area (TPSA) is 17.1 Å². The average molecular weight is 176 g/mol. The predicted molar refractivity (Wildman–Crippen MR) is 51.4 cm³/mol. The van der Waals surface area contributed by atoms with Crippen LogP contribution in [0.25, 0.3) is 6.08 Å². The van der Waals surface area contributed by atoms with Gasteiger partial charge < -0.3 is 0 Å². The van der Waals surface area contributed by atoms with E-state index in [-0.39, 0.29) is 5.78 Å². The predicted octanol–water partition coefficient (Wildman–Crippen LogP) is 2.11. The Hall–Kier alpha value is -1.02. The molecule has 0 radical (unpaired) electrons. The zero-order valence-corrected chi connectivity index (χ0v) is 7.34. The second-order valence-corrected chi connectivity index (χ2v) is 3.38. The standard InChI is InChI=1S/C10H8OS/c11-9-3-1-8-6-10(12)4-2-7(8)5-9/h1-4,6,12H,5H2. The van der Waals surface area contributed by atoms with Crippen LogP contribution in [0.3, 0.4) is 0 Å². The number of fused-ring (bicyclic) bond motifs is 1. The molecule has 1 nitrogen and oxygen atoms in total. The van der Waals surface area contributed by atoms with Gasteiger partial charge >= 0.3 is 0 Å². The van der Waals surface area contributed by atoms with Crippen LogP contribution in [0.5, 0.6) is 0 Å². The molecule has 1 aromatic rings. The maximum absolute atomic E-state index is 11.0. The van der Waals surface area contributed by atoms with Gasteiger partial charge in [0.25, 0.3) is 0 Å². The molecule has 1 aliphatic carbocycles. The number of hydrogen-bond donors (Lipinski definition) is 1. The molecular formula is C10H8OS. The van der Waals surface area contributed by atoms with Gasteiger partial charge in [-0.2, -0.15) is 0 Å². The summed E-state index contributed by atoms with van der Waals surface area (Å²) in [5.74, 6) is 0.175. The molecule has 0 atom stereocenters. The monoisotopic (exact) mass is 176 g/mol. The van der Waals surface area contributed by atoms with Crippen LogP contribution in [0.4, 0.5) is 0 Å². The molecular weight excluding hydrogens is 168 g/mol. The molecule has 0 heterocycles. The van der Waals surface area contributed by atoms with Crippen LogP contribution < -0.4 is 0 Å². The number of rotatable bonds is 0. The maximum atomic E-state index is 11.0. The van der Waals surface area contributed by atoms with E-state index in [1.54, 1.807) is 6.08 Å². The van der Waals surface area contributed by atoms with Crippen LogP contribution in [0, 0.1) is 0 Å². The highest BCUT2D eigenvalue weighted by Gasteiger charge is 2.09. The fraction of sp³-hybridized carbons (Fsp3) is 0.100. The SMILES string of the molecule is O=C1C=Cc2cc(S)ccc2C1. The Kier molecular flexibility index (Phi) is 1.77. The molecule has 0 aromatic heterocycles. The molecule has 0 fully saturated rings. The lowest BCUT2D eigenvalue weighted by molar-refractivity contribution is -0.114. The minimum absolute atomic E-state index is 0.175. The summed E-state index contributed by atoms with van der Waals surface area (Å²) in [7, 11) is 0. The Morgan fingerprint density at radius 1 is 1.25 bits per heavy atom. The van der Waals surface area contributed by atoms with Crippen molar-refractivity contribution >= 4 is 24.5 Å². The van der Waals surface area contributed by atoms with Crippen molar-refractivity contribution in [3.8, 4) is 0 Å². The van der Waals surface area contributed by atoms with E-state index >= 15 is 0 Å². The van der Waals surface area contributed by atoms with Gasteiger partial charge in [0, 0.05) is 11.3 Å². The Morgan fingerprint density at radius 3 is 2.92 bits per heavy atom. The number of carbonyl (C=O) groups excluding carboxylic acids is 1. The Labute approximate surface area is 76.5 Å². The van der Waals surface area contributed by atoms with E-state index in [0.29, 0.717) is 6.42 Å². The first kappa shape index (κ1) is 7.62. The minimum atomic E-state index is 0.175. The van der Waals surface area contributed by atoms with Crippen molar-refractivity contribution in [2.75, 3.05) is 0 Å². The molecule has 0 spiro atoms. The first-order valence-electron chi connectivity index (χ1n) is 3.78. The molecule has 0 aliphatic heterocycles. The molecule has 0 amide bonds. The fourth-order valence-corrected chi connectivity index (χ4v) is 1.54. The molecule has 0 bridgehead atoms. The van der Waals surface area contributed by atoms with Gasteiger partial charge in [0.1, 0.15) is 0 Å². The van der Waals surface area contributed by atoms with E-state index in [4.69, 9.17) is 0 Å². The van der Waals surface area contributed by atoms with E-state index in [9.17, 15) is 4.79 Å². The highest BCUT2D eigenvalue weighted by molar-refractivity contribution is 7.80. The van der Waals surface area contributed by atoms with Crippen LogP contribution in [-0.4, -0.2) is 5.78 Å². The molecule has 2 rings (SSSR count). The van der Waals surface area contributed by atoms with Gasteiger partial charge in [-0.25, -0.2) is 0 Å². The Bertz CT molecular complexity index is 366. The van der Waals surface area contributed by atoms with Gasteiger partial charge in [-0.05, 0) is 29.3 Å². The average Bonchev–Trinajstić information content (AvgIpc) is 2.05. The first-order chi connectivity index (χ1) is 5.75. The molecule has 0 saturated carbocycles. The van der Waals surface area contributed by atoms with Crippen molar-refractivity contribution in [3.63, 3.8) is 0 Å². The third kappa shape index (κ3) is 1.30. The van der Waals surface area contributed by atoms with Crippen LogP contribution in [-0.2, 0) is 11.2 Å². The summed E-state index contributed by atoms with van der Waals surface area (Å²) < 4.78 is 0. The Balaban J connectivity index is 2.54. The molecule has 0 unspecified atom stereocenters. The van der Waals surface area contributed by atoms with Gasteiger partial charge in [-0.15, -0.1) is 12.6 Å². The number of benzene rings is 1. The van der Waals surface area contributed by atoms with E-state index in [0.717, 1.165) is 16.0 Å². The normalized spacial score (nSPS) is 14.6. The molecule has 0 N–H and O–H groups in total. The van der Waals surface area contributed by atoms with Crippen LogP contribution in [0.15, 0.2) is 29.2 Å². The van der Waals surface area contributed by atoms with Crippen LogP contribution in [0.2, 0.25) is 0 Å². The van der Waals surface area contributed by atoms with Crippen molar-refractivity contribution in [1.29, 1.82) is 0 Å². The summed E-state index contributed by atoms with van der Waals surface area (Å²) in [5, 5.41) is 0. The largest absolute Gasteiger partial charge is 0.294 e. The number of allylic oxidation sites excluding steroid dienone is 1. The van der Waals surface area contributed by atoms with Crippen molar-refractivity contribution < 1.29 is 4.79 Å². The number of ketones is 1. The lowest BCUT2D eigenvalue weighted by atomic mass is 9.97. The first-order valence-corrected chi connectivity index (χ1v) is 4.23. The summed E-state index contributed by atoms with van der Waals surface area (Å²) in [5.41, 5.74) is 2.21. The molecule has 60 valence electrons. The van der Waals surface area contributed by atoms with Crippen LogP contribution >= 0.6 is 12.6 Å². The summed E-state index contributed by atoms with van der Waals surface area (Å²) in [6, 6.07) is 5.84.